The number of hydroxylamine groups is 2. The molecular weight excluding hydrogens is 438 g/mol. The smallest absolute Gasteiger partial charge is 0.275 e. The zero-order valence-corrected chi connectivity index (χ0v) is 20.6. The van der Waals surface area contributed by atoms with Crippen molar-refractivity contribution in [2.24, 2.45) is 0 Å². The summed E-state index contributed by atoms with van der Waals surface area (Å²) < 4.78 is 28.0. The van der Waals surface area contributed by atoms with Crippen molar-refractivity contribution in [2.75, 3.05) is 35.5 Å². The second-order valence-corrected chi connectivity index (χ2v) is 7.55. The first-order valence-electron chi connectivity index (χ1n) is 10.9. The lowest BCUT2D eigenvalue weighted by Gasteiger charge is -2.26. The summed E-state index contributed by atoms with van der Waals surface area (Å²) in [6.45, 7) is 4.42. The van der Waals surface area contributed by atoms with Crippen molar-refractivity contribution < 1.29 is 33.3 Å². The van der Waals surface area contributed by atoms with Gasteiger partial charge in [-0.05, 0) is 41.8 Å². The summed E-state index contributed by atoms with van der Waals surface area (Å²) in [5.41, 5.74) is 1.84. The Labute approximate surface area is 201 Å². The molecule has 0 spiro atoms. The van der Waals surface area contributed by atoms with Crippen LogP contribution < -0.4 is 14.2 Å². The van der Waals surface area contributed by atoms with Gasteiger partial charge in [0.2, 0.25) is 0 Å². The normalized spacial score (nSPS) is 12.5. The quantitative estimate of drug-likeness (QED) is 0.284. The second kappa shape index (κ2) is 14.2. The number of amides is 1. The van der Waals surface area contributed by atoms with E-state index in [-0.39, 0.29) is 18.6 Å². The number of likely N-dealkylation sites (N-methyl/N-ethyl adjacent to an activating group) is 1. The number of ether oxygens (including phenoxy) is 5. The average molecular weight is 474 g/mol. The molecule has 0 aliphatic heterocycles. The molecule has 8 nitrogen and oxygen atoms in total. The molecule has 2 aromatic carbocycles. The van der Waals surface area contributed by atoms with E-state index in [1.54, 1.807) is 40.5 Å². The van der Waals surface area contributed by atoms with Crippen LogP contribution in [0.3, 0.4) is 0 Å². The molecule has 0 radical (unpaired) electrons. The van der Waals surface area contributed by atoms with Gasteiger partial charge >= 0.3 is 0 Å². The maximum atomic E-state index is 12.9. The maximum Gasteiger partial charge on any atom is 0.275 e. The summed E-state index contributed by atoms with van der Waals surface area (Å²) in [5, 5.41) is 1.16. The Kier molecular flexibility index (Phi) is 11.4. The van der Waals surface area contributed by atoms with Crippen molar-refractivity contribution in [3.05, 3.63) is 66.2 Å². The van der Waals surface area contributed by atoms with Crippen LogP contribution in [0.4, 0.5) is 0 Å². The molecule has 0 aliphatic carbocycles. The fourth-order valence-corrected chi connectivity index (χ4v) is 3.29. The summed E-state index contributed by atoms with van der Waals surface area (Å²) in [5.74, 6) is 1.69. The fourth-order valence-electron chi connectivity index (χ4n) is 3.29. The van der Waals surface area contributed by atoms with Gasteiger partial charge in [0.1, 0.15) is 11.9 Å². The highest BCUT2D eigenvalue weighted by molar-refractivity contribution is 5.79. The lowest BCUT2D eigenvalue weighted by atomic mass is 10.1. The molecule has 2 rings (SSSR count). The van der Waals surface area contributed by atoms with Crippen molar-refractivity contribution in [1.82, 2.24) is 5.06 Å². The molecule has 0 unspecified atom stereocenters. The topological polar surface area (TPSA) is 75.7 Å². The first-order valence-corrected chi connectivity index (χ1v) is 10.9. The van der Waals surface area contributed by atoms with E-state index in [2.05, 4.69) is 6.58 Å². The Morgan fingerprint density at radius 1 is 0.912 bits per heavy atom. The van der Waals surface area contributed by atoms with Crippen LogP contribution in [-0.2, 0) is 32.3 Å². The van der Waals surface area contributed by atoms with Crippen LogP contribution in [0.25, 0.3) is 0 Å². The van der Waals surface area contributed by atoms with Gasteiger partial charge < -0.3 is 23.7 Å². The van der Waals surface area contributed by atoms with E-state index in [1.807, 2.05) is 36.4 Å². The number of hydrogen-bond donors (Lipinski definition) is 0. The minimum Gasteiger partial charge on any atom is -0.497 e. The van der Waals surface area contributed by atoms with Crippen LogP contribution in [-0.4, -0.2) is 58.7 Å². The van der Waals surface area contributed by atoms with Gasteiger partial charge in [0.15, 0.2) is 11.5 Å². The predicted octanol–water partition coefficient (Wildman–Crippen LogP) is 4.17. The molecule has 0 N–H and O–H groups in total. The van der Waals surface area contributed by atoms with Gasteiger partial charge in [0.25, 0.3) is 5.91 Å². The Hall–Kier alpha value is -3.07. The Balaban J connectivity index is 2.10. The Morgan fingerprint density at radius 2 is 1.56 bits per heavy atom. The number of rotatable bonds is 15. The highest BCUT2D eigenvalue weighted by Crippen LogP contribution is 2.28. The molecule has 0 fully saturated rings. The fraction of sp³-hybridized carbons (Fsp3) is 0.423. The van der Waals surface area contributed by atoms with Crippen LogP contribution in [0.5, 0.6) is 17.2 Å². The number of nitrogens with zero attached hydrogens (tertiary/aromatic N) is 1. The van der Waals surface area contributed by atoms with Gasteiger partial charge in [-0.1, -0.05) is 24.3 Å². The molecule has 0 saturated carbocycles. The summed E-state index contributed by atoms with van der Waals surface area (Å²) in [4.78, 5) is 18.0. The molecular formula is C26H35NO7. The highest BCUT2D eigenvalue weighted by atomic mass is 16.7. The Morgan fingerprint density at radius 3 is 2.15 bits per heavy atom. The van der Waals surface area contributed by atoms with Crippen molar-refractivity contribution in [3.63, 3.8) is 0 Å². The van der Waals surface area contributed by atoms with Crippen LogP contribution in [0.15, 0.2) is 55.1 Å². The van der Waals surface area contributed by atoms with E-state index in [4.69, 9.17) is 28.5 Å². The number of carbonyl (C=O) groups excluding carboxylic acids is 1. The van der Waals surface area contributed by atoms with Gasteiger partial charge in [0.05, 0.1) is 47.8 Å². The molecule has 2 atom stereocenters. The van der Waals surface area contributed by atoms with Crippen molar-refractivity contribution in [2.45, 2.75) is 38.3 Å². The van der Waals surface area contributed by atoms with Crippen LogP contribution in [0.1, 0.15) is 24.0 Å². The standard InChI is InChI=1S/C26H35NO7/c1-7-8-22(33-17-19-9-12-21(29-3)13-10-19)16-25(26(28)27(2)32-6)34-18-20-11-14-23(30-4)24(15-20)31-5/h7,9-15,22,25H,1,8,16-18H2,2-6H3/t22-,25+/m0/s1. The monoisotopic (exact) mass is 473 g/mol. The van der Waals surface area contributed by atoms with E-state index < -0.39 is 6.10 Å². The van der Waals surface area contributed by atoms with Crippen LogP contribution in [0, 0.1) is 0 Å². The average Bonchev–Trinajstić information content (AvgIpc) is 2.88. The second-order valence-electron chi connectivity index (χ2n) is 7.55. The van der Waals surface area contributed by atoms with Crippen molar-refractivity contribution in [1.29, 1.82) is 0 Å². The number of carbonyl (C=O) groups is 1. The van der Waals surface area contributed by atoms with E-state index in [9.17, 15) is 4.79 Å². The third-order valence-electron chi connectivity index (χ3n) is 5.31. The number of hydrogen-bond acceptors (Lipinski definition) is 7. The van der Waals surface area contributed by atoms with E-state index in [0.717, 1.165) is 21.9 Å². The zero-order valence-electron chi connectivity index (χ0n) is 20.6. The third kappa shape index (κ3) is 8.06. The molecule has 0 aliphatic rings. The van der Waals surface area contributed by atoms with Crippen molar-refractivity contribution >= 4 is 5.91 Å². The minimum absolute atomic E-state index is 0.202. The highest BCUT2D eigenvalue weighted by Gasteiger charge is 2.27. The molecule has 0 saturated heterocycles. The van der Waals surface area contributed by atoms with Gasteiger partial charge in [-0.25, -0.2) is 5.06 Å². The van der Waals surface area contributed by atoms with E-state index in [0.29, 0.717) is 30.9 Å². The Bertz CT molecular complexity index is 901. The molecule has 2 aromatic rings. The van der Waals surface area contributed by atoms with E-state index in [1.165, 1.54) is 7.11 Å². The predicted molar refractivity (Wildman–Crippen MR) is 129 cm³/mol. The summed E-state index contributed by atoms with van der Waals surface area (Å²) in [6.07, 6.45) is 1.62. The van der Waals surface area contributed by atoms with Gasteiger partial charge in [-0.3, -0.25) is 9.63 Å². The molecule has 8 heteroatoms. The lowest BCUT2D eigenvalue weighted by molar-refractivity contribution is -0.184. The summed E-state index contributed by atoms with van der Waals surface area (Å²) >= 11 is 0. The summed E-state index contributed by atoms with van der Waals surface area (Å²) in [6, 6.07) is 13.1. The SMILES string of the molecule is C=CC[C@@H](C[C@@H](OCc1ccc(OC)c(OC)c1)C(=O)N(C)OC)OCc1ccc(OC)cc1. The van der Waals surface area contributed by atoms with Gasteiger partial charge in [0, 0.05) is 13.5 Å². The molecule has 1 amide bonds. The first kappa shape index (κ1) is 27.2. The molecule has 34 heavy (non-hydrogen) atoms. The van der Waals surface area contributed by atoms with Gasteiger partial charge in [-0.15, -0.1) is 6.58 Å². The number of methoxy groups -OCH3 is 3. The zero-order chi connectivity index (χ0) is 24.9. The lowest BCUT2D eigenvalue weighted by Crippen LogP contribution is -2.39. The maximum absolute atomic E-state index is 12.9. The number of benzene rings is 2. The van der Waals surface area contributed by atoms with E-state index >= 15 is 0 Å². The molecule has 186 valence electrons. The third-order valence-corrected chi connectivity index (χ3v) is 5.31. The largest absolute Gasteiger partial charge is 0.497 e. The minimum atomic E-state index is -0.779. The van der Waals surface area contributed by atoms with Crippen LogP contribution in [0.2, 0.25) is 0 Å². The molecule has 0 heterocycles. The molecule has 0 bridgehead atoms. The van der Waals surface area contributed by atoms with Gasteiger partial charge in [-0.2, -0.15) is 0 Å². The van der Waals surface area contributed by atoms with Crippen molar-refractivity contribution in [3.8, 4) is 17.2 Å². The van der Waals surface area contributed by atoms with Crippen LogP contribution >= 0.6 is 0 Å². The molecule has 0 aromatic heterocycles. The summed E-state index contributed by atoms with van der Waals surface area (Å²) in [7, 11) is 7.76. The first-order chi connectivity index (χ1) is 16.4.